The highest BCUT2D eigenvalue weighted by molar-refractivity contribution is 6.32. The Morgan fingerprint density at radius 3 is 2.73 bits per heavy atom. The predicted molar refractivity (Wildman–Crippen MR) is 125 cm³/mol. The van der Waals surface area contributed by atoms with Crippen LogP contribution in [0.15, 0.2) is 65.9 Å². The molecule has 1 aliphatic carbocycles. The second kappa shape index (κ2) is 7.31. The van der Waals surface area contributed by atoms with Crippen molar-refractivity contribution in [2.75, 3.05) is 6.54 Å². The number of aryl methyl sites for hydroxylation is 1. The summed E-state index contributed by atoms with van der Waals surface area (Å²) in [5.74, 6) is 1.46. The molecule has 0 radical (unpaired) electrons. The van der Waals surface area contributed by atoms with Crippen molar-refractivity contribution in [1.29, 1.82) is 0 Å². The SMILES string of the molecule is CC1=CCC(c2ccccc2)C=C1N1CCC[C@@]1(C)c1nc2c(C)c(Cl)ccc2[nH]1. The van der Waals surface area contributed by atoms with Gasteiger partial charge in [-0.15, -0.1) is 0 Å². The molecule has 1 saturated heterocycles. The van der Waals surface area contributed by atoms with Crippen LogP contribution in [0.1, 0.15) is 56.0 Å². The average molecular weight is 418 g/mol. The Balaban J connectivity index is 1.56. The number of aromatic amines is 1. The van der Waals surface area contributed by atoms with Crippen molar-refractivity contribution in [3.63, 3.8) is 0 Å². The van der Waals surface area contributed by atoms with E-state index < -0.39 is 0 Å². The van der Waals surface area contributed by atoms with Gasteiger partial charge in [-0.05, 0) is 68.9 Å². The molecule has 2 aliphatic rings. The van der Waals surface area contributed by atoms with Crippen molar-refractivity contribution in [3.8, 4) is 0 Å². The zero-order chi connectivity index (χ0) is 20.9. The number of allylic oxidation sites excluding steroid dienone is 3. The lowest BCUT2D eigenvalue weighted by Gasteiger charge is -2.39. The van der Waals surface area contributed by atoms with Crippen LogP contribution in [0.5, 0.6) is 0 Å². The first-order valence-electron chi connectivity index (χ1n) is 10.8. The van der Waals surface area contributed by atoms with E-state index in [0.29, 0.717) is 5.92 Å². The van der Waals surface area contributed by atoms with Gasteiger partial charge in [0.15, 0.2) is 0 Å². The van der Waals surface area contributed by atoms with Gasteiger partial charge in [0.2, 0.25) is 0 Å². The molecule has 2 heterocycles. The third-order valence-corrected chi connectivity index (χ3v) is 7.36. The van der Waals surface area contributed by atoms with Crippen LogP contribution < -0.4 is 0 Å². The van der Waals surface area contributed by atoms with E-state index in [1.54, 1.807) is 0 Å². The number of rotatable bonds is 3. The van der Waals surface area contributed by atoms with E-state index in [1.165, 1.54) is 16.8 Å². The van der Waals surface area contributed by atoms with Crippen LogP contribution in [0.4, 0.5) is 0 Å². The maximum absolute atomic E-state index is 6.35. The summed E-state index contributed by atoms with van der Waals surface area (Å²) >= 11 is 6.35. The molecule has 1 unspecified atom stereocenters. The molecule has 4 heteroatoms. The highest BCUT2D eigenvalue weighted by atomic mass is 35.5. The molecule has 1 aromatic heterocycles. The molecule has 0 saturated carbocycles. The summed E-state index contributed by atoms with van der Waals surface area (Å²) in [4.78, 5) is 11.2. The number of H-pyrrole nitrogens is 1. The van der Waals surface area contributed by atoms with Gasteiger partial charge in [0.05, 0.1) is 16.6 Å². The number of nitrogens with zero attached hydrogens (tertiary/aromatic N) is 2. The van der Waals surface area contributed by atoms with Gasteiger partial charge in [-0.1, -0.05) is 54.1 Å². The first kappa shape index (κ1) is 19.4. The van der Waals surface area contributed by atoms with Crippen LogP contribution in [-0.4, -0.2) is 21.4 Å². The second-order valence-electron chi connectivity index (χ2n) is 8.87. The first-order chi connectivity index (χ1) is 14.5. The Morgan fingerprint density at radius 1 is 1.13 bits per heavy atom. The largest absolute Gasteiger partial charge is 0.359 e. The zero-order valence-electron chi connectivity index (χ0n) is 17.9. The van der Waals surface area contributed by atoms with E-state index in [4.69, 9.17) is 16.6 Å². The van der Waals surface area contributed by atoms with Crippen molar-refractivity contribution in [2.24, 2.45) is 0 Å². The fraction of sp³-hybridized carbons (Fsp3) is 0.346. The van der Waals surface area contributed by atoms with Crippen LogP contribution in [0.2, 0.25) is 5.02 Å². The number of imidazole rings is 1. The summed E-state index contributed by atoms with van der Waals surface area (Å²) in [6, 6.07) is 14.8. The fourth-order valence-corrected chi connectivity index (χ4v) is 5.22. The number of benzene rings is 2. The third kappa shape index (κ3) is 3.07. The third-order valence-electron chi connectivity index (χ3n) is 6.95. The Morgan fingerprint density at radius 2 is 1.93 bits per heavy atom. The van der Waals surface area contributed by atoms with Crippen molar-refractivity contribution in [3.05, 3.63) is 87.9 Å². The Hall–Kier alpha value is -2.52. The highest BCUT2D eigenvalue weighted by Crippen LogP contribution is 2.44. The number of fused-ring (bicyclic) bond motifs is 1. The van der Waals surface area contributed by atoms with Gasteiger partial charge in [0.1, 0.15) is 5.82 Å². The second-order valence-corrected chi connectivity index (χ2v) is 9.28. The summed E-state index contributed by atoms with van der Waals surface area (Å²) in [5.41, 5.74) is 7.04. The molecule has 30 heavy (non-hydrogen) atoms. The molecule has 1 aliphatic heterocycles. The van der Waals surface area contributed by atoms with Gasteiger partial charge in [0.25, 0.3) is 0 Å². The minimum absolute atomic E-state index is 0.155. The summed E-state index contributed by atoms with van der Waals surface area (Å²) in [5, 5.41) is 0.772. The van der Waals surface area contributed by atoms with Crippen molar-refractivity contribution in [2.45, 2.75) is 51.5 Å². The fourth-order valence-electron chi connectivity index (χ4n) is 5.07. The number of hydrogen-bond donors (Lipinski definition) is 1. The lowest BCUT2D eigenvalue weighted by molar-refractivity contribution is 0.198. The average Bonchev–Trinajstić information content (AvgIpc) is 3.37. The van der Waals surface area contributed by atoms with E-state index in [1.807, 2.05) is 19.1 Å². The first-order valence-corrected chi connectivity index (χ1v) is 11.2. The maximum atomic E-state index is 6.35. The van der Waals surface area contributed by atoms with Crippen LogP contribution in [0, 0.1) is 6.92 Å². The van der Waals surface area contributed by atoms with Crippen LogP contribution in [-0.2, 0) is 5.54 Å². The molecular weight excluding hydrogens is 390 g/mol. The molecule has 1 N–H and O–H groups in total. The van der Waals surface area contributed by atoms with Gasteiger partial charge in [0, 0.05) is 23.2 Å². The van der Waals surface area contributed by atoms with Crippen LogP contribution >= 0.6 is 11.6 Å². The van der Waals surface area contributed by atoms with Crippen LogP contribution in [0.3, 0.4) is 0 Å². The number of likely N-dealkylation sites (tertiary alicyclic amines) is 1. The standard InChI is InChI=1S/C26H28ClN3/c1-17-10-11-20(19-8-5-4-6-9-19)16-23(17)30-15-7-14-26(30,3)25-28-22-13-12-21(27)18(2)24(22)29-25/h4-6,8-10,12-13,16,20H,7,11,14-15H2,1-3H3,(H,28,29)/t20?,26-/m0/s1. The minimum Gasteiger partial charge on any atom is -0.359 e. The molecule has 0 spiro atoms. The Kier molecular flexibility index (Phi) is 4.74. The molecule has 0 amide bonds. The lowest BCUT2D eigenvalue weighted by atomic mass is 9.87. The van der Waals surface area contributed by atoms with Gasteiger partial charge in [-0.3, -0.25) is 0 Å². The number of hydrogen-bond acceptors (Lipinski definition) is 2. The maximum Gasteiger partial charge on any atom is 0.132 e. The van der Waals surface area contributed by atoms with E-state index >= 15 is 0 Å². The summed E-state index contributed by atoms with van der Waals surface area (Å²) < 4.78 is 0. The van der Waals surface area contributed by atoms with Gasteiger partial charge in [-0.25, -0.2) is 4.98 Å². The molecular formula is C26H28ClN3. The minimum atomic E-state index is -0.155. The van der Waals surface area contributed by atoms with Crippen LogP contribution in [0.25, 0.3) is 11.0 Å². The Labute approximate surface area is 183 Å². The van der Waals surface area contributed by atoms with Crippen molar-refractivity contribution >= 4 is 22.6 Å². The number of halogens is 1. The predicted octanol–water partition coefficient (Wildman–Crippen LogP) is 6.85. The number of nitrogens with one attached hydrogen (secondary N) is 1. The summed E-state index contributed by atoms with van der Waals surface area (Å²) in [7, 11) is 0. The number of aromatic nitrogens is 2. The molecule has 1 fully saturated rings. The molecule has 3 nitrogen and oxygen atoms in total. The Bertz CT molecular complexity index is 1160. The van der Waals surface area contributed by atoms with Crippen molar-refractivity contribution in [1.82, 2.24) is 14.9 Å². The molecule has 154 valence electrons. The molecule has 2 aromatic carbocycles. The summed E-state index contributed by atoms with van der Waals surface area (Å²) in [6.07, 6.45) is 8.17. The normalized spacial score (nSPS) is 24.3. The van der Waals surface area contributed by atoms with Crippen molar-refractivity contribution < 1.29 is 0 Å². The highest BCUT2D eigenvalue weighted by Gasteiger charge is 2.42. The lowest BCUT2D eigenvalue weighted by Crippen LogP contribution is -2.39. The topological polar surface area (TPSA) is 31.9 Å². The van der Waals surface area contributed by atoms with E-state index in [0.717, 1.165) is 53.3 Å². The molecule has 3 aromatic rings. The van der Waals surface area contributed by atoms with Gasteiger partial charge in [-0.2, -0.15) is 0 Å². The molecule has 2 atom stereocenters. The zero-order valence-corrected chi connectivity index (χ0v) is 18.6. The van der Waals surface area contributed by atoms with E-state index in [9.17, 15) is 0 Å². The van der Waals surface area contributed by atoms with Gasteiger partial charge < -0.3 is 9.88 Å². The smallest absolute Gasteiger partial charge is 0.132 e. The van der Waals surface area contributed by atoms with E-state index in [-0.39, 0.29) is 5.54 Å². The monoisotopic (exact) mass is 417 g/mol. The molecule has 0 bridgehead atoms. The summed E-state index contributed by atoms with van der Waals surface area (Å²) in [6.45, 7) is 7.67. The quantitative estimate of drug-likeness (QED) is 0.505. The van der Waals surface area contributed by atoms with Gasteiger partial charge >= 0.3 is 0 Å². The molecule has 5 rings (SSSR count). The van der Waals surface area contributed by atoms with E-state index in [2.05, 4.69) is 66.2 Å².